The topological polar surface area (TPSA) is 66.5 Å². The summed E-state index contributed by atoms with van der Waals surface area (Å²) in [6.07, 6.45) is 4.25. The predicted molar refractivity (Wildman–Crippen MR) is 120 cm³/mol. The van der Waals surface area contributed by atoms with Gasteiger partial charge < -0.3 is 5.32 Å². The van der Waals surface area contributed by atoms with Crippen LogP contribution >= 0.6 is 11.8 Å². The predicted octanol–water partition coefficient (Wildman–Crippen LogP) is 3.48. The van der Waals surface area contributed by atoms with Gasteiger partial charge in [0.1, 0.15) is 0 Å². The third-order valence-corrected chi connectivity index (χ3v) is 8.85. The highest BCUT2D eigenvalue weighted by molar-refractivity contribution is 7.99. The number of rotatable bonds is 7. The highest BCUT2D eigenvalue weighted by atomic mass is 32.2. The molecule has 7 heteroatoms. The number of carbonyl (C=O) groups is 1. The molecule has 2 aliphatic rings. The van der Waals surface area contributed by atoms with E-state index in [0.29, 0.717) is 37.4 Å². The molecule has 0 radical (unpaired) electrons. The summed E-state index contributed by atoms with van der Waals surface area (Å²) in [6.45, 7) is 1.42. The fourth-order valence-corrected chi connectivity index (χ4v) is 6.53. The molecule has 160 valence electrons. The van der Waals surface area contributed by atoms with Crippen molar-refractivity contribution in [3.8, 4) is 0 Å². The van der Waals surface area contributed by atoms with Crippen molar-refractivity contribution in [2.24, 2.45) is 5.92 Å². The van der Waals surface area contributed by atoms with Gasteiger partial charge in [0.25, 0.3) is 0 Å². The maximum Gasteiger partial charge on any atom is 0.243 e. The lowest BCUT2D eigenvalue weighted by Crippen LogP contribution is -2.43. The Morgan fingerprint density at radius 2 is 1.77 bits per heavy atom. The molecule has 2 aromatic rings. The lowest BCUT2D eigenvalue weighted by molar-refractivity contribution is -0.125. The van der Waals surface area contributed by atoms with Crippen molar-refractivity contribution in [1.29, 1.82) is 0 Å². The molecule has 1 aliphatic carbocycles. The van der Waals surface area contributed by atoms with Crippen LogP contribution < -0.4 is 5.32 Å². The molecule has 1 saturated heterocycles. The highest BCUT2D eigenvalue weighted by Gasteiger charge is 2.32. The van der Waals surface area contributed by atoms with E-state index in [2.05, 4.69) is 17.4 Å². The Kier molecular flexibility index (Phi) is 6.80. The van der Waals surface area contributed by atoms with Gasteiger partial charge in [-0.3, -0.25) is 4.79 Å². The molecule has 2 aromatic carbocycles. The average Bonchev–Trinajstić information content (AvgIpc) is 3.25. The Hall–Kier alpha value is -1.83. The molecule has 0 aromatic heterocycles. The third-order valence-electron chi connectivity index (χ3n) is 5.95. The highest BCUT2D eigenvalue weighted by Crippen LogP contribution is 2.28. The summed E-state index contributed by atoms with van der Waals surface area (Å²) in [5.41, 5.74) is 2.44. The van der Waals surface area contributed by atoms with Crippen molar-refractivity contribution in [3.05, 3.63) is 59.7 Å². The van der Waals surface area contributed by atoms with E-state index in [1.165, 1.54) is 16.0 Å². The second kappa shape index (κ2) is 9.54. The molecule has 0 unspecified atom stereocenters. The summed E-state index contributed by atoms with van der Waals surface area (Å²) in [4.78, 5) is 14.1. The summed E-state index contributed by atoms with van der Waals surface area (Å²) in [5, 5.41) is 3.01. The normalized spacial score (nSPS) is 17.6. The Balaban J connectivity index is 1.25. The number of amides is 1. The van der Waals surface area contributed by atoms with E-state index < -0.39 is 10.0 Å². The zero-order valence-electron chi connectivity index (χ0n) is 17.0. The monoisotopic (exact) mass is 444 g/mol. The molecule has 0 bridgehead atoms. The average molecular weight is 445 g/mol. The quantitative estimate of drug-likeness (QED) is 0.524. The Morgan fingerprint density at radius 3 is 2.53 bits per heavy atom. The lowest BCUT2D eigenvalue weighted by atomic mass is 9.97. The van der Waals surface area contributed by atoms with Gasteiger partial charge in [-0.25, -0.2) is 8.42 Å². The van der Waals surface area contributed by atoms with Crippen molar-refractivity contribution in [3.63, 3.8) is 0 Å². The number of carbonyl (C=O) groups excluding carboxylic acids is 1. The van der Waals surface area contributed by atoms with Gasteiger partial charge in [-0.2, -0.15) is 4.31 Å². The number of fused-ring (bicyclic) bond motifs is 1. The lowest BCUT2D eigenvalue weighted by Gasteiger charge is -2.30. The number of hydrogen-bond acceptors (Lipinski definition) is 4. The van der Waals surface area contributed by atoms with E-state index in [4.69, 9.17) is 0 Å². The Morgan fingerprint density at radius 1 is 1.03 bits per heavy atom. The zero-order chi connectivity index (χ0) is 21.0. The van der Waals surface area contributed by atoms with E-state index in [1.807, 2.05) is 30.3 Å². The fourth-order valence-electron chi connectivity index (χ4n) is 4.22. The molecule has 4 rings (SSSR count). The number of nitrogens with one attached hydrogen (secondary N) is 1. The van der Waals surface area contributed by atoms with Gasteiger partial charge in [-0.15, -0.1) is 11.8 Å². The second-order valence-electron chi connectivity index (χ2n) is 7.91. The summed E-state index contributed by atoms with van der Waals surface area (Å²) in [6, 6.07) is 15.7. The first-order chi connectivity index (χ1) is 14.5. The molecule has 30 heavy (non-hydrogen) atoms. The van der Waals surface area contributed by atoms with Gasteiger partial charge in [-0.05, 0) is 67.5 Å². The number of nitrogens with zero attached hydrogens (tertiary/aromatic N) is 1. The van der Waals surface area contributed by atoms with Crippen LogP contribution in [0.1, 0.15) is 30.4 Å². The first-order valence-electron chi connectivity index (χ1n) is 10.6. The van der Waals surface area contributed by atoms with Crippen molar-refractivity contribution in [2.45, 2.75) is 41.9 Å². The second-order valence-corrected chi connectivity index (χ2v) is 11.0. The number of piperidine rings is 1. The number of benzene rings is 2. The van der Waals surface area contributed by atoms with Gasteiger partial charge in [0, 0.05) is 36.2 Å². The molecule has 1 fully saturated rings. The Bertz CT molecular complexity index is 985. The molecule has 1 heterocycles. The van der Waals surface area contributed by atoms with E-state index >= 15 is 0 Å². The number of hydrogen-bond donors (Lipinski definition) is 1. The minimum absolute atomic E-state index is 0.0400. The zero-order valence-corrected chi connectivity index (χ0v) is 18.7. The van der Waals surface area contributed by atoms with Gasteiger partial charge >= 0.3 is 0 Å². The smallest absolute Gasteiger partial charge is 0.243 e. The van der Waals surface area contributed by atoms with E-state index in [1.54, 1.807) is 22.1 Å². The van der Waals surface area contributed by atoms with Crippen LogP contribution in [0.4, 0.5) is 0 Å². The van der Waals surface area contributed by atoms with E-state index in [-0.39, 0.29) is 11.8 Å². The van der Waals surface area contributed by atoms with Gasteiger partial charge in [0.15, 0.2) is 0 Å². The van der Waals surface area contributed by atoms with Crippen molar-refractivity contribution in [2.75, 3.05) is 25.4 Å². The maximum absolute atomic E-state index is 13.0. The summed E-state index contributed by atoms with van der Waals surface area (Å²) in [5.74, 6) is 0.748. The van der Waals surface area contributed by atoms with Crippen LogP contribution in [0.15, 0.2) is 58.3 Å². The van der Waals surface area contributed by atoms with Crippen molar-refractivity contribution in [1.82, 2.24) is 9.62 Å². The maximum atomic E-state index is 13.0. The molecular weight excluding hydrogens is 416 g/mol. The molecule has 0 atom stereocenters. The fraction of sp³-hybridized carbons (Fsp3) is 0.435. The minimum atomic E-state index is -3.49. The van der Waals surface area contributed by atoms with Crippen LogP contribution in [0.2, 0.25) is 0 Å². The van der Waals surface area contributed by atoms with Gasteiger partial charge in [0.05, 0.1) is 4.90 Å². The molecule has 5 nitrogen and oxygen atoms in total. The SMILES string of the molecule is O=C(NCCSc1ccccc1)C1CCN(S(=O)(=O)c2ccc3c(c2)CCC3)CC1. The van der Waals surface area contributed by atoms with Crippen molar-refractivity contribution >= 4 is 27.7 Å². The number of aryl methyl sites for hydroxylation is 2. The van der Waals surface area contributed by atoms with E-state index in [0.717, 1.165) is 25.0 Å². The summed E-state index contributed by atoms with van der Waals surface area (Å²) in [7, 11) is -3.49. The number of sulfonamides is 1. The third kappa shape index (κ3) is 4.90. The molecule has 1 N–H and O–H groups in total. The largest absolute Gasteiger partial charge is 0.355 e. The summed E-state index contributed by atoms with van der Waals surface area (Å²) >= 11 is 1.72. The first kappa shape index (κ1) is 21.4. The van der Waals surface area contributed by atoms with Crippen LogP contribution in [0, 0.1) is 5.92 Å². The minimum Gasteiger partial charge on any atom is -0.355 e. The van der Waals surface area contributed by atoms with Crippen LogP contribution in [-0.2, 0) is 27.7 Å². The van der Waals surface area contributed by atoms with Gasteiger partial charge in [0.2, 0.25) is 15.9 Å². The van der Waals surface area contributed by atoms with Crippen LogP contribution in [0.25, 0.3) is 0 Å². The number of thioether (sulfide) groups is 1. The standard InChI is InChI=1S/C23H28N2O3S2/c26-23(24-13-16-29-21-7-2-1-3-8-21)19-11-14-25(15-12-19)30(27,28)22-10-9-18-5-4-6-20(18)17-22/h1-3,7-10,17,19H,4-6,11-16H2,(H,24,26). The van der Waals surface area contributed by atoms with Crippen LogP contribution in [0.5, 0.6) is 0 Å². The summed E-state index contributed by atoms with van der Waals surface area (Å²) < 4.78 is 27.6. The van der Waals surface area contributed by atoms with Crippen LogP contribution in [-0.4, -0.2) is 44.0 Å². The molecule has 1 aliphatic heterocycles. The van der Waals surface area contributed by atoms with Gasteiger partial charge in [-0.1, -0.05) is 24.3 Å². The molecule has 1 amide bonds. The molecule has 0 spiro atoms. The molecule has 0 saturated carbocycles. The van der Waals surface area contributed by atoms with Crippen molar-refractivity contribution < 1.29 is 13.2 Å². The van der Waals surface area contributed by atoms with Crippen LogP contribution in [0.3, 0.4) is 0 Å². The molecular formula is C23H28N2O3S2. The van der Waals surface area contributed by atoms with E-state index in [9.17, 15) is 13.2 Å². The first-order valence-corrected chi connectivity index (χ1v) is 13.0. The Labute approximate surface area is 183 Å².